The zero-order valence-electron chi connectivity index (χ0n) is 11.0. The molecule has 1 fully saturated rings. The lowest BCUT2D eigenvalue weighted by molar-refractivity contribution is 0.0536. The van der Waals surface area contributed by atoms with E-state index in [1.165, 1.54) is 0 Å². The molecular formula is C14H19ClN2O2. The van der Waals surface area contributed by atoms with E-state index in [9.17, 15) is 4.79 Å². The summed E-state index contributed by atoms with van der Waals surface area (Å²) < 4.78 is 5.40. The van der Waals surface area contributed by atoms with Gasteiger partial charge in [0, 0.05) is 30.9 Å². The molecule has 0 aliphatic carbocycles. The molecule has 1 aromatic rings. The normalized spacial score (nSPS) is 18.9. The molecular weight excluding hydrogens is 264 g/mol. The monoisotopic (exact) mass is 282 g/mol. The summed E-state index contributed by atoms with van der Waals surface area (Å²) >= 11 is 5.94. The molecule has 1 amide bonds. The number of ether oxygens (including phenoxy) is 1. The molecule has 1 aliphatic heterocycles. The summed E-state index contributed by atoms with van der Waals surface area (Å²) in [6.45, 7) is 2.21. The number of rotatable bonds is 4. The molecule has 104 valence electrons. The van der Waals surface area contributed by atoms with Gasteiger partial charge in [-0.3, -0.25) is 4.79 Å². The maximum atomic E-state index is 12.2. The predicted octanol–water partition coefficient (Wildman–Crippen LogP) is 2.54. The first kappa shape index (κ1) is 14.2. The van der Waals surface area contributed by atoms with E-state index in [1.54, 1.807) is 25.2 Å². The van der Waals surface area contributed by atoms with Crippen LogP contribution in [0.4, 0.5) is 5.69 Å². The lowest BCUT2D eigenvalue weighted by atomic mass is 10.0. The molecule has 2 N–H and O–H groups in total. The summed E-state index contributed by atoms with van der Waals surface area (Å²) in [6.07, 6.45) is 2.17. The molecule has 2 rings (SSSR count). The van der Waals surface area contributed by atoms with Gasteiger partial charge in [-0.1, -0.05) is 11.6 Å². The summed E-state index contributed by atoms with van der Waals surface area (Å²) in [5, 5.41) is 6.51. The zero-order valence-corrected chi connectivity index (χ0v) is 11.8. The fourth-order valence-electron chi connectivity index (χ4n) is 2.22. The molecule has 0 spiro atoms. The van der Waals surface area contributed by atoms with Gasteiger partial charge in [-0.2, -0.15) is 0 Å². The number of amides is 1. The third-order valence-electron chi connectivity index (χ3n) is 3.30. The highest BCUT2D eigenvalue weighted by molar-refractivity contribution is 6.31. The first-order chi connectivity index (χ1) is 9.20. The Morgan fingerprint density at radius 1 is 1.53 bits per heavy atom. The smallest absolute Gasteiger partial charge is 0.253 e. The van der Waals surface area contributed by atoms with E-state index >= 15 is 0 Å². The van der Waals surface area contributed by atoms with Crippen molar-refractivity contribution >= 4 is 23.2 Å². The number of nitrogens with one attached hydrogen (secondary N) is 2. The van der Waals surface area contributed by atoms with Crippen LogP contribution in [0.3, 0.4) is 0 Å². The van der Waals surface area contributed by atoms with Crippen LogP contribution in [0.2, 0.25) is 5.02 Å². The van der Waals surface area contributed by atoms with Crippen molar-refractivity contribution in [1.82, 2.24) is 5.32 Å². The van der Waals surface area contributed by atoms with Gasteiger partial charge >= 0.3 is 0 Å². The molecule has 1 saturated heterocycles. The van der Waals surface area contributed by atoms with Crippen molar-refractivity contribution in [2.45, 2.75) is 12.8 Å². The molecule has 1 heterocycles. The van der Waals surface area contributed by atoms with Crippen molar-refractivity contribution < 1.29 is 9.53 Å². The van der Waals surface area contributed by atoms with Crippen LogP contribution in [0.15, 0.2) is 18.2 Å². The standard InChI is InChI=1S/C14H19ClN2O2/c1-16-13-5-4-11(15)7-12(13)14(18)17-8-10-3-2-6-19-9-10/h4-5,7,10,16H,2-3,6,8-9H2,1H3,(H,17,18). The van der Waals surface area contributed by atoms with E-state index in [-0.39, 0.29) is 5.91 Å². The Morgan fingerprint density at radius 3 is 3.05 bits per heavy atom. The van der Waals surface area contributed by atoms with E-state index in [4.69, 9.17) is 16.3 Å². The Morgan fingerprint density at radius 2 is 2.37 bits per heavy atom. The van der Waals surface area contributed by atoms with Crippen LogP contribution in [0.1, 0.15) is 23.2 Å². The first-order valence-corrected chi connectivity index (χ1v) is 6.91. The highest BCUT2D eigenvalue weighted by Crippen LogP contribution is 2.20. The number of carbonyl (C=O) groups is 1. The lowest BCUT2D eigenvalue weighted by Gasteiger charge is -2.22. The van der Waals surface area contributed by atoms with Gasteiger partial charge in [0.2, 0.25) is 0 Å². The Balaban J connectivity index is 1.97. The second-order valence-electron chi connectivity index (χ2n) is 4.73. The van der Waals surface area contributed by atoms with Crippen LogP contribution >= 0.6 is 11.6 Å². The summed E-state index contributed by atoms with van der Waals surface area (Å²) in [5.41, 5.74) is 1.36. The highest BCUT2D eigenvalue weighted by Gasteiger charge is 2.16. The third kappa shape index (κ3) is 3.85. The van der Waals surface area contributed by atoms with Crippen molar-refractivity contribution in [3.63, 3.8) is 0 Å². The molecule has 0 saturated carbocycles. The summed E-state index contributed by atoms with van der Waals surface area (Å²) in [6, 6.07) is 5.25. The number of carbonyl (C=O) groups excluding carboxylic acids is 1. The minimum atomic E-state index is -0.0996. The fraction of sp³-hybridized carbons (Fsp3) is 0.500. The summed E-state index contributed by atoms with van der Waals surface area (Å²) in [5.74, 6) is 0.312. The molecule has 1 aliphatic rings. The van der Waals surface area contributed by atoms with Gasteiger partial charge in [0.1, 0.15) is 0 Å². The van der Waals surface area contributed by atoms with Crippen molar-refractivity contribution in [2.75, 3.05) is 32.1 Å². The van der Waals surface area contributed by atoms with Gasteiger partial charge in [0.05, 0.1) is 12.2 Å². The number of halogens is 1. The van der Waals surface area contributed by atoms with Crippen LogP contribution in [0, 0.1) is 5.92 Å². The molecule has 0 radical (unpaired) electrons. The van der Waals surface area contributed by atoms with Crippen molar-refractivity contribution in [1.29, 1.82) is 0 Å². The molecule has 1 aromatic carbocycles. The van der Waals surface area contributed by atoms with E-state index in [0.717, 1.165) is 31.7 Å². The van der Waals surface area contributed by atoms with E-state index in [0.29, 0.717) is 23.0 Å². The quantitative estimate of drug-likeness (QED) is 0.892. The Labute approximate surface area is 118 Å². The second kappa shape index (κ2) is 6.78. The summed E-state index contributed by atoms with van der Waals surface area (Å²) in [7, 11) is 1.79. The third-order valence-corrected chi connectivity index (χ3v) is 3.54. The first-order valence-electron chi connectivity index (χ1n) is 6.54. The van der Waals surface area contributed by atoms with Crippen molar-refractivity contribution in [2.24, 2.45) is 5.92 Å². The Hall–Kier alpha value is -1.26. The molecule has 1 unspecified atom stereocenters. The number of anilines is 1. The maximum absolute atomic E-state index is 12.2. The lowest BCUT2D eigenvalue weighted by Crippen LogP contribution is -2.33. The molecule has 4 nitrogen and oxygen atoms in total. The molecule has 1 atom stereocenters. The second-order valence-corrected chi connectivity index (χ2v) is 5.17. The highest BCUT2D eigenvalue weighted by atomic mass is 35.5. The molecule has 5 heteroatoms. The van der Waals surface area contributed by atoms with Crippen LogP contribution in [-0.4, -0.2) is 32.7 Å². The number of hydrogen-bond donors (Lipinski definition) is 2. The minimum absolute atomic E-state index is 0.0996. The van der Waals surface area contributed by atoms with Crippen LogP contribution < -0.4 is 10.6 Å². The van der Waals surface area contributed by atoms with Crippen molar-refractivity contribution in [3.05, 3.63) is 28.8 Å². The number of hydrogen-bond acceptors (Lipinski definition) is 3. The predicted molar refractivity (Wildman–Crippen MR) is 76.9 cm³/mol. The van der Waals surface area contributed by atoms with E-state index in [1.807, 2.05) is 0 Å². The minimum Gasteiger partial charge on any atom is -0.387 e. The maximum Gasteiger partial charge on any atom is 0.253 e. The average molecular weight is 283 g/mol. The summed E-state index contributed by atoms with van der Waals surface area (Å²) in [4.78, 5) is 12.2. The van der Waals surface area contributed by atoms with Gasteiger partial charge in [-0.25, -0.2) is 0 Å². The topological polar surface area (TPSA) is 50.4 Å². The van der Waals surface area contributed by atoms with Crippen LogP contribution in [-0.2, 0) is 4.74 Å². The molecule has 0 bridgehead atoms. The van der Waals surface area contributed by atoms with Gasteiger partial charge in [-0.05, 0) is 37.0 Å². The van der Waals surface area contributed by atoms with Gasteiger partial charge in [0.15, 0.2) is 0 Å². The largest absolute Gasteiger partial charge is 0.387 e. The van der Waals surface area contributed by atoms with Crippen LogP contribution in [0.5, 0.6) is 0 Å². The average Bonchev–Trinajstić information content (AvgIpc) is 2.46. The van der Waals surface area contributed by atoms with Gasteiger partial charge in [0.25, 0.3) is 5.91 Å². The number of benzene rings is 1. The SMILES string of the molecule is CNc1ccc(Cl)cc1C(=O)NCC1CCCOC1. The van der Waals surface area contributed by atoms with Gasteiger partial charge < -0.3 is 15.4 Å². The van der Waals surface area contributed by atoms with E-state index in [2.05, 4.69) is 10.6 Å². The van der Waals surface area contributed by atoms with Crippen LogP contribution in [0.25, 0.3) is 0 Å². The van der Waals surface area contributed by atoms with Gasteiger partial charge in [-0.15, -0.1) is 0 Å². The zero-order chi connectivity index (χ0) is 13.7. The Bertz CT molecular complexity index is 445. The van der Waals surface area contributed by atoms with Crippen molar-refractivity contribution in [3.8, 4) is 0 Å². The fourth-order valence-corrected chi connectivity index (χ4v) is 2.40. The Kier molecular flexibility index (Phi) is 5.05. The molecule has 19 heavy (non-hydrogen) atoms. The van der Waals surface area contributed by atoms with E-state index < -0.39 is 0 Å². The molecule has 0 aromatic heterocycles.